The van der Waals surface area contributed by atoms with Crippen LogP contribution < -0.4 is 0 Å². The number of halogens is 3. The van der Waals surface area contributed by atoms with Gasteiger partial charge >= 0.3 is 6.11 Å². The van der Waals surface area contributed by atoms with E-state index in [1.807, 2.05) is 0 Å². The Labute approximate surface area is 50.6 Å². The maximum absolute atomic E-state index is 11.8. The van der Waals surface area contributed by atoms with Gasteiger partial charge in [0.2, 0.25) is 0 Å². The van der Waals surface area contributed by atoms with Crippen LogP contribution in [0, 0.1) is 0 Å². The minimum atomic E-state index is -3.50. The lowest BCUT2D eigenvalue weighted by Gasteiger charge is -2.12. The largest absolute Gasteiger partial charge is 0.381 e. The van der Waals surface area contributed by atoms with Crippen molar-refractivity contribution < 1.29 is 22.6 Å². The van der Waals surface area contributed by atoms with Crippen LogP contribution in [0.25, 0.3) is 0 Å². The summed E-state index contributed by atoms with van der Waals surface area (Å²) < 4.78 is 42.1. The molecule has 0 bridgehead atoms. The number of rotatable bonds is 4. The molecule has 0 aromatic rings. The molecule has 56 valence electrons. The van der Waals surface area contributed by atoms with Gasteiger partial charge in [-0.05, 0) is 0 Å². The van der Waals surface area contributed by atoms with Crippen molar-refractivity contribution >= 4 is 0 Å². The average molecular weight is 144 g/mol. The van der Waals surface area contributed by atoms with Crippen molar-refractivity contribution in [3.63, 3.8) is 0 Å². The van der Waals surface area contributed by atoms with E-state index in [0.717, 1.165) is 7.11 Å². The molecule has 0 saturated heterocycles. The molecule has 9 heavy (non-hydrogen) atoms. The van der Waals surface area contributed by atoms with Crippen LogP contribution in [0.15, 0.2) is 0 Å². The van der Waals surface area contributed by atoms with Gasteiger partial charge in [0.15, 0.2) is 6.86 Å². The first-order valence-corrected chi connectivity index (χ1v) is 2.19. The Morgan fingerprint density at radius 2 is 2.00 bits per heavy atom. The summed E-state index contributed by atoms with van der Waals surface area (Å²) in [4.78, 5) is 0. The van der Waals surface area contributed by atoms with Crippen LogP contribution in [0.4, 0.5) is 13.2 Å². The van der Waals surface area contributed by atoms with Gasteiger partial charge in [0, 0.05) is 7.11 Å². The third kappa shape index (κ3) is 4.23. The smallest absolute Gasteiger partial charge is 0.376 e. The quantitative estimate of drug-likeness (QED) is 0.589. The van der Waals surface area contributed by atoms with Gasteiger partial charge in [-0.15, -0.1) is 0 Å². The highest BCUT2D eigenvalue weighted by atomic mass is 19.3. The van der Waals surface area contributed by atoms with Gasteiger partial charge in [0.25, 0.3) is 0 Å². The first kappa shape index (κ1) is 8.71. The van der Waals surface area contributed by atoms with E-state index in [2.05, 4.69) is 9.47 Å². The van der Waals surface area contributed by atoms with Gasteiger partial charge in [-0.1, -0.05) is 0 Å². The lowest BCUT2D eigenvalue weighted by atomic mass is 10.7. The highest BCUT2D eigenvalue weighted by Gasteiger charge is 2.29. The zero-order valence-corrected chi connectivity index (χ0v) is 4.86. The second kappa shape index (κ2) is 3.68. The van der Waals surface area contributed by atoms with E-state index in [1.165, 1.54) is 0 Å². The van der Waals surface area contributed by atoms with Crippen molar-refractivity contribution in [1.82, 2.24) is 0 Å². The Morgan fingerprint density at radius 1 is 1.44 bits per heavy atom. The molecule has 0 saturated carbocycles. The van der Waals surface area contributed by atoms with Crippen LogP contribution >= 0.6 is 0 Å². The van der Waals surface area contributed by atoms with Crippen molar-refractivity contribution in [3.05, 3.63) is 0 Å². The SMILES string of the molecule is COCC(F)(F)OCF. The van der Waals surface area contributed by atoms with E-state index in [-0.39, 0.29) is 0 Å². The van der Waals surface area contributed by atoms with Gasteiger partial charge in [-0.3, -0.25) is 4.74 Å². The van der Waals surface area contributed by atoms with Crippen molar-refractivity contribution in [2.45, 2.75) is 6.11 Å². The normalized spacial score (nSPS) is 12.0. The molecule has 0 atom stereocenters. The van der Waals surface area contributed by atoms with E-state index in [0.29, 0.717) is 0 Å². The van der Waals surface area contributed by atoms with Crippen LogP contribution in [-0.2, 0) is 9.47 Å². The molecular weight excluding hydrogens is 137 g/mol. The minimum Gasteiger partial charge on any atom is -0.376 e. The third-order valence-corrected chi connectivity index (χ3v) is 0.578. The summed E-state index contributed by atoms with van der Waals surface area (Å²) in [5.74, 6) is 0. The molecule has 0 radical (unpaired) electrons. The number of alkyl halides is 3. The van der Waals surface area contributed by atoms with Crippen molar-refractivity contribution in [2.24, 2.45) is 0 Å². The molecule has 0 amide bonds. The summed E-state index contributed by atoms with van der Waals surface area (Å²) in [5, 5.41) is 0. The molecule has 0 heterocycles. The zero-order valence-electron chi connectivity index (χ0n) is 4.86. The molecule has 0 aliphatic carbocycles. The average Bonchev–Trinajstić information content (AvgIpc) is 1.64. The molecule has 2 nitrogen and oxygen atoms in total. The molecule has 0 fully saturated rings. The minimum absolute atomic E-state index is 0.920. The van der Waals surface area contributed by atoms with Crippen LogP contribution in [0.1, 0.15) is 0 Å². The Morgan fingerprint density at radius 3 is 2.33 bits per heavy atom. The zero-order chi connectivity index (χ0) is 7.33. The molecule has 0 spiro atoms. The standard InChI is InChI=1S/C4H7F3O2/c1-8-2-4(6,7)9-3-5/h2-3H2,1H3. The predicted molar refractivity (Wildman–Crippen MR) is 23.9 cm³/mol. The second-order valence-corrected chi connectivity index (χ2v) is 1.32. The van der Waals surface area contributed by atoms with Crippen molar-refractivity contribution in [2.75, 3.05) is 20.6 Å². The lowest BCUT2D eigenvalue weighted by Crippen LogP contribution is -2.26. The van der Waals surface area contributed by atoms with Crippen molar-refractivity contribution in [1.29, 1.82) is 0 Å². The Balaban J connectivity index is 3.43. The predicted octanol–water partition coefficient (Wildman–Crippen LogP) is 1.17. The van der Waals surface area contributed by atoms with Gasteiger partial charge in [0.05, 0.1) is 0 Å². The van der Waals surface area contributed by atoms with E-state index in [4.69, 9.17) is 0 Å². The Kier molecular flexibility index (Phi) is 3.56. The van der Waals surface area contributed by atoms with Gasteiger partial charge in [-0.2, -0.15) is 8.78 Å². The van der Waals surface area contributed by atoms with E-state index < -0.39 is 19.6 Å². The fourth-order valence-electron chi connectivity index (χ4n) is 0.290. The summed E-state index contributed by atoms with van der Waals surface area (Å²) in [7, 11) is 1.08. The summed E-state index contributed by atoms with van der Waals surface area (Å²) >= 11 is 0. The van der Waals surface area contributed by atoms with Gasteiger partial charge < -0.3 is 4.74 Å². The maximum Gasteiger partial charge on any atom is 0.381 e. The molecule has 0 aromatic carbocycles. The Bertz CT molecular complexity index is 68.2. The number of methoxy groups -OCH3 is 1. The molecule has 0 aromatic heterocycles. The lowest BCUT2D eigenvalue weighted by molar-refractivity contribution is -0.275. The van der Waals surface area contributed by atoms with Gasteiger partial charge in [0.1, 0.15) is 6.61 Å². The van der Waals surface area contributed by atoms with E-state index in [1.54, 1.807) is 0 Å². The first-order valence-electron chi connectivity index (χ1n) is 2.19. The number of hydrogen-bond acceptors (Lipinski definition) is 2. The third-order valence-electron chi connectivity index (χ3n) is 0.578. The fourth-order valence-corrected chi connectivity index (χ4v) is 0.290. The van der Waals surface area contributed by atoms with E-state index in [9.17, 15) is 13.2 Å². The van der Waals surface area contributed by atoms with Crippen LogP contribution in [-0.4, -0.2) is 26.7 Å². The maximum atomic E-state index is 11.8. The summed E-state index contributed by atoms with van der Waals surface area (Å²) in [6, 6.07) is 0. The second-order valence-electron chi connectivity index (χ2n) is 1.32. The molecule has 5 heteroatoms. The molecular formula is C4H7F3O2. The molecule has 0 aliphatic heterocycles. The number of hydrogen-bond donors (Lipinski definition) is 0. The number of ether oxygens (including phenoxy) is 2. The summed E-state index contributed by atoms with van der Waals surface area (Å²) in [6.07, 6.45) is -3.50. The molecule has 0 unspecified atom stereocenters. The first-order chi connectivity index (χ1) is 4.12. The summed E-state index contributed by atoms with van der Waals surface area (Å²) in [5.41, 5.74) is 0. The molecule has 0 N–H and O–H groups in total. The van der Waals surface area contributed by atoms with Gasteiger partial charge in [-0.25, -0.2) is 4.39 Å². The van der Waals surface area contributed by atoms with Crippen molar-refractivity contribution in [3.8, 4) is 0 Å². The monoisotopic (exact) mass is 144 g/mol. The fraction of sp³-hybridized carbons (Fsp3) is 1.00. The topological polar surface area (TPSA) is 18.5 Å². The van der Waals surface area contributed by atoms with Crippen LogP contribution in [0.5, 0.6) is 0 Å². The summed E-state index contributed by atoms with van der Waals surface area (Å²) in [6.45, 7) is -2.42. The molecule has 0 rings (SSSR count). The highest BCUT2D eigenvalue weighted by molar-refractivity contribution is 4.46. The molecule has 0 aliphatic rings. The van der Waals surface area contributed by atoms with Crippen LogP contribution in [0.2, 0.25) is 0 Å². The van der Waals surface area contributed by atoms with E-state index >= 15 is 0 Å². The van der Waals surface area contributed by atoms with Crippen LogP contribution in [0.3, 0.4) is 0 Å². The highest BCUT2D eigenvalue weighted by Crippen LogP contribution is 2.14. The Hall–Kier alpha value is -0.290.